The number of anilines is 1. The first-order chi connectivity index (χ1) is 14.6. The number of carbonyl (C=O) groups excluding carboxylic acids is 1. The van der Waals surface area contributed by atoms with Gasteiger partial charge in [0.05, 0.1) is 19.9 Å². The van der Waals surface area contributed by atoms with Crippen molar-refractivity contribution in [2.45, 2.75) is 39.2 Å². The second-order valence-electron chi connectivity index (χ2n) is 7.54. The van der Waals surface area contributed by atoms with Crippen LogP contribution in [0, 0.1) is 6.92 Å². The van der Waals surface area contributed by atoms with Crippen LogP contribution in [0.15, 0.2) is 42.5 Å². The molecule has 0 aliphatic carbocycles. The van der Waals surface area contributed by atoms with Crippen molar-refractivity contribution in [3.05, 3.63) is 59.4 Å². The Morgan fingerprint density at radius 3 is 2.50 bits per heavy atom. The van der Waals surface area contributed by atoms with E-state index in [4.69, 9.17) is 14.5 Å². The molecule has 1 amide bonds. The molecule has 2 aromatic carbocycles. The SMILES string of the molecule is COc1cc(C)c(NC(=O)c2nc(-c3ccccc3)n3c2CCCCC3)cc1OC. The van der Waals surface area contributed by atoms with E-state index in [1.807, 2.05) is 43.3 Å². The molecule has 0 bridgehead atoms. The van der Waals surface area contributed by atoms with Gasteiger partial charge in [-0.2, -0.15) is 0 Å². The van der Waals surface area contributed by atoms with Crippen molar-refractivity contribution in [1.29, 1.82) is 0 Å². The fraction of sp³-hybridized carbons (Fsp3) is 0.333. The zero-order valence-electron chi connectivity index (χ0n) is 17.7. The number of aromatic nitrogens is 2. The molecule has 1 aromatic heterocycles. The van der Waals surface area contributed by atoms with E-state index in [0.717, 1.165) is 54.9 Å². The molecule has 0 saturated carbocycles. The zero-order valence-corrected chi connectivity index (χ0v) is 17.7. The summed E-state index contributed by atoms with van der Waals surface area (Å²) in [6.45, 7) is 2.82. The highest BCUT2D eigenvalue weighted by Gasteiger charge is 2.25. The lowest BCUT2D eigenvalue weighted by atomic mass is 10.1. The van der Waals surface area contributed by atoms with Crippen molar-refractivity contribution in [2.24, 2.45) is 0 Å². The van der Waals surface area contributed by atoms with Gasteiger partial charge in [0.25, 0.3) is 5.91 Å². The van der Waals surface area contributed by atoms with E-state index < -0.39 is 0 Å². The van der Waals surface area contributed by atoms with Gasteiger partial charge < -0.3 is 19.4 Å². The summed E-state index contributed by atoms with van der Waals surface area (Å²) in [6, 6.07) is 13.7. The summed E-state index contributed by atoms with van der Waals surface area (Å²) >= 11 is 0. The molecule has 1 aliphatic heterocycles. The van der Waals surface area contributed by atoms with Gasteiger partial charge in [-0.15, -0.1) is 0 Å². The molecule has 6 nitrogen and oxygen atoms in total. The van der Waals surface area contributed by atoms with Gasteiger partial charge in [-0.05, 0) is 37.8 Å². The number of hydrogen-bond donors (Lipinski definition) is 1. The van der Waals surface area contributed by atoms with Crippen LogP contribution < -0.4 is 14.8 Å². The highest BCUT2D eigenvalue weighted by Crippen LogP contribution is 2.34. The fourth-order valence-corrected chi connectivity index (χ4v) is 4.01. The minimum atomic E-state index is -0.196. The van der Waals surface area contributed by atoms with Gasteiger partial charge in [0.2, 0.25) is 0 Å². The highest BCUT2D eigenvalue weighted by molar-refractivity contribution is 6.04. The van der Waals surface area contributed by atoms with Crippen LogP contribution in [-0.2, 0) is 13.0 Å². The Labute approximate surface area is 176 Å². The maximum atomic E-state index is 13.3. The van der Waals surface area contributed by atoms with Gasteiger partial charge in [0.1, 0.15) is 11.5 Å². The van der Waals surface area contributed by atoms with Crippen LogP contribution in [0.3, 0.4) is 0 Å². The molecule has 4 rings (SSSR count). The number of benzene rings is 2. The molecule has 3 aromatic rings. The lowest BCUT2D eigenvalue weighted by Crippen LogP contribution is -2.16. The van der Waals surface area contributed by atoms with Gasteiger partial charge in [-0.1, -0.05) is 36.8 Å². The number of carbonyl (C=O) groups is 1. The number of nitrogens with zero attached hydrogens (tertiary/aromatic N) is 2. The van der Waals surface area contributed by atoms with Gasteiger partial charge in [-0.25, -0.2) is 4.98 Å². The van der Waals surface area contributed by atoms with Gasteiger partial charge in [-0.3, -0.25) is 4.79 Å². The average molecular weight is 405 g/mol. The Morgan fingerprint density at radius 2 is 1.77 bits per heavy atom. The van der Waals surface area contributed by atoms with E-state index in [-0.39, 0.29) is 5.91 Å². The van der Waals surface area contributed by atoms with Crippen LogP contribution in [0.25, 0.3) is 11.4 Å². The van der Waals surface area contributed by atoms with Crippen molar-refractivity contribution >= 4 is 11.6 Å². The Bertz CT molecular complexity index is 1060. The number of amides is 1. The largest absolute Gasteiger partial charge is 0.493 e. The smallest absolute Gasteiger partial charge is 0.276 e. The first kappa shape index (κ1) is 20.0. The number of fused-ring (bicyclic) bond motifs is 1. The second kappa shape index (κ2) is 8.61. The molecule has 6 heteroatoms. The molecule has 2 heterocycles. The van der Waals surface area contributed by atoms with Gasteiger partial charge in [0.15, 0.2) is 11.5 Å². The predicted molar refractivity (Wildman–Crippen MR) is 117 cm³/mol. The van der Waals surface area contributed by atoms with Gasteiger partial charge in [0, 0.05) is 23.9 Å². The number of methoxy groups -OCH3 is 2. The third kappa shape index (κ3) is 3.77. The number of hydrogen-bond acceptors (Lipinski definition) is 4. The van der Waals surface area contributed by atoms with Crippen molar-refractivity contribution in [2.75, 3.05) is 19.5 Å². The molecule has 0 spiro atoms. The van der Waals surface area contributed by atoms with Crippen LogP contribution in [0.5, 0.6) is 11.5 Å². The van der Waals surface area contributed by atoms with Crippen LogP contribution in [0.1, 0.15) is 41.0 Å². The molecule has 0 atom stereocenters. The minimum Gasteiger partial charge on any atom is -0.493 e. The molecule has 30 heavy (non-hydrogen) atoms. The number of rotatable bonds is 5. The molecule has 0 radical (unpaired) electrons. The van der Waals surface area contributed by atoms with Crippen molar-refractivity contribution in [1.82, 2.24) is 9.55 Å². The van der Waals surface area contributed by atoms with Crippen molar-refractivity contribution in [3.63, 3.8) is 0 Å². The Kier molecular flexibility index (Phi) is 5.74. The topological polar surface area (TPSA) is 65.4 Å². The summed E-state index contributed by atoms with van der Waals surface area (Å²) in [5.41, 5.74) is 4.14. The summed E-state index contributed by atoms with van der Waals surface area (Å²) in [5.74, 6) is 1.88. The van der Waals surface area contributed by atoms with E-state index in [0.29, 0.717) is 22.9 Å². The van der Waals surface area contributed by atoms with E-state index in [1.165, 1.54) is 0 Å². The third-order valence-electron chi connectivity index (χ3n) is 5.59. The third-order valence-corrected chi connectivity index (χ3v) is 5.59. The summed E-state index contributed by atoms with van der Waals surface area (Å²) in [5, 5.41) is 3.04. The van der Waals surface area contributed by atoms with Crippen LogP contribution in [0.2, 0.25) is 0 Å². The molecule has 0 saturated heterocycles. The summed E-state index contributed by atoms with van der Waals surface area (Å²) < 4.78 is 13.0. The maximum absolute atomic E-state index is 13.3. The van der Waals surface area contributed by atoms with E-state index in [9.17, 15) is 4.79 Å². The Balaban J connectivity index is 1.72. The monoisotopic (exact) mass is 405 g/mol. The molecule has 0 fully saturated rings. The maximum Gasteiger partial charge on any atom is 0.276 e. The van der Waals surface area contributed by atoms with Crippen LogP contribution in [-0.4, -0.2) is 29.7 Å². The van der Waals surface area contributed by atoms with Crippen molar-refractivity contribution in [3.8, 4) is 22.9 Å². The lowest BCUT2D eigenvalue weighted by Gasteiger charge is -2.13. The second-order valence-corrected chi connectivity index (χ2v) is 7.54. The normalized spacial score (nSPS) is 13.3. The first-order valence-corrected chi connectivity index (χ1v) is 10.3. The van der Waals surface area contributed by atoms with E-state index in [1.54, 1.807) is 20.3 Å². The summed E-state index contributed by atoms with van der Waals surface area (Å²) in [4.78, 5) is 18.1. The van der Waals surface area contributed by atoms with E-state index in [2.05, 4.69) is 9.88 Å². The number of ether oxygens (including phenoxy) is 2. The van der Waals surface area contributed by atoms with Crippen LogP contribution >= 0.6 is 0 Å². The summed E-state index contributed by atoms with van der Waals surface area (Å²) in [6.07, 6.45) is 4.17. The van der Waals surface area contributed by atoms with Crippen LogP contribution in [0.4, 0.5) is 5.69 Å². The average Bonchev–Trinajstić information content (AvgIpc) is 2.96. The fourth-order valence-electron chi connectivity index (χ4n) is 4.01. The molecule has 156 valence electrons. The number of imidazole rings is 1. The Morgan fingerprint density at radius 1 is 1.03 bits per heavy atom. The lowest BCUT2D eigenvalue weighted by molar-refractivity contribution is 0.102. The molecular formula is C24H27N3O3. The molecule has 1 N–H and O–H groups in total. The molecule has 0 unspecified atom stereocenters. The minimum absolute atomic E-state index is 0.196. The number of nitrogens with one attached hydrogen (secondary N) is 1. The standard InChI is InChI=1S/C24H27N3O3/c1-16-14-20(29-2)21(30-3)15-18(16)25-24(28)22-19-12-8-5-9-13-27(19)23(26-22)17-10-6-4-7-11-17/h4,6-7,10-11,14-15H,5,8-9,12-13H2,1-3H3,(H,25,28). The highest BCUT2D eigenvalue weighted by atomic mass is 16.5. The quantitative estimate of drug-likeness (QED) is 0.659. The zero-order chi connectivity index (χ0) is 21.1. The van der Waals surface area contributed by atoms with Crippen molar-refractivity contribution < 1.29 is 14.3 Å². The number of aryl methyl sites for hydroxylation is 1. The molecule has 1 aliphatic rings. The predicted octanol–water partition coefficient (Wildman–Crippen LogP) is 4.85. The summed E-state index contributed by atoms with van der Waals surface area (Å²) in [7, 11) is 3.18. The van der Waals surface area contributed by atoms with Gasteiger partial charge >= 0.3 is 0 Å². The van der Waals surface area contributed by atoms with E-state index >= 15 is 0 Å². The Hall–Kier alpha value is -3.28. The first-order valence-electron chi connectivity index (χ1n) is 10.3. The molecular weight excluding hydrogens is 378 g/mol.